The van der Waals surface area contributed by atoms with Crippen LogP contribution in [0.2, 0.25) is 0 Å². The Labute approximate surface area is 192 Å². The van der Waals surface area contributed by atoms with Crippen molar-refractivity contribution in [3.05, 3.63) is 0 Å². The predicted molar refractivity (Wildman–Crippen MR) is 122 cm³/mol. The molecule has 6 nitrogen and oxygen atoms in total. The second-order valence-corrected chi connectivity index (χ2v) is 12.1. The summed E-state index contributed by atoms with van der Waals surface area (Å²) in [6.07, 6.45) is 9.06. The van der Waals surface area contributed by atoms with E-state index < -0.39 is 5.97 Å². The van der Waals surface area contributed by atoms with Gasteiger partial charge < -0.3 is 20.6 Å². The van der Waals surface area contributed by atoms with Gasteiger partial charge in [0, 0.05) is 6.42 Å². The summed E-state index contributed by atoms with van der Waals surface area (Å²) in [4.78, 5) is 22.7. The Bertz CT molecular complexity index is 727. The first kappa shape index (κ1) is 24.0. The molecule has 0 aliphatic heterocycles. The highest BCUT2D eigenvalue weighted by Gasteiger charge is 2.62. The van der Waals surface area contributed by atoms with Crippen LogP contribution in [0.4, 0.5) is 0 Å². The first-order valence-corrected chi connectivity index (χ1v) is 12.9. The summed E-state index contributed by atoms with van der Waals surface area (Å²) < 4.78 is 0. The minimum absolute atomic E-state index is 0.177. The maximum absolute atomic E-state index is 12.0. The van der Waals surface area contributed by atoms with Gasteiger partial charge in [-0.25, -0.2) is 0 Å². The first-order chi connectivity index (χ1) is 15.1. The topological polar surface area (TPSA) is 107 Å². The normalized spacial score (nSPS) is 46.5. The number of nitrogens with one attached hydrogen (secondary N) is 1. The molecule has 4 saturated carbocycles. The third-order valence-corrected chi connectivity index (χ3v) is 10.7. The summed E-state index contributed by atoms with van der Waals surface area (Å²) >= 11 is 0. The van der Waals surface area contributed by atoms with Crippen molar-refractivity contribution in [3.8, 4) is 0 Å². The molecule has 0 aromatic rings. The Kier molecular flexibility index (Phi) is 6.68. The van der Waals surface area contributed by atoms with Crippen molar-refractivity contribution in [1.29, 1.82) is 0 Å². The van der Waals surface area contributed by atoms with Crippen LogP contribution in [-0.2, 0) is 9.59 Å². The zero-order chi connectivity index (χ0) is 23.3. The lowest BCUT2D eigenvalue weighted by Gasteiger charge is -2.62. The zero-order valence-electron chi connectivity index (χ0n) is 20.1. The molecule has 0 unspecified atom stereocenters. The van der Waals surface area contributed by atoms with Crippen LogP contribution in [-0.4, -0.2) is 45.9 Å². The molecule has 4 rings (SSSR count). The largest absolute Gasteiger partial charge is 0.480 e. The second-order valence-electron chi connectivity index (χ2n) is 12.1. The summed E-state index contributed by atoms with van der Waals surface area (Å²) in [6, 6.07) is 0. The quantitative estimate of drug-likeness (QED) is 0.496. The number of carboxylic acids is 1. The average molecular weight is 450 g/mol. The van der Waals surface area contributed by atoms with E-state index in [1.54, 1.807) is 0 Å². The Balaban J connectivity index is 1.44. The van der Waals surface area contributed by atoms with Crippen molar-refractivity contribution >= 4 is 11.9 Å². The van der Waals surface area contributed by atoms with E-state index >= 15 is 0 Å². The maximum Gasteiger partial charge on any atom is 0.322 e. The molecular weight excluding hydrogens is 406 g/mol. The molecule has 4 aliphatic carbocycles. The van der Waals surface area contributed by atoms with E-state index in [0.29, 0.717) is 41.9 Å². The number of rotatable bonds is 6. The highest BCUT2D eigenvalue weighted by atomic mass is 16.4. The number of carbonyl (C=O) groups excluding carboxylic acids is 1. The molecule has 0 radical (unpaired) electrons. The molecule has 0 aromatic heterocycles. The van der Waals surface area contributed by atoms with Crippen molar-refractivity contribution in [1.82, 2.24) is 5.32 Å². The van der Waals surface area contributed by atoms with Crippen molar-refractivity contribution in [2.24, 2.45) is 46.3 Å². The molecule has 10 atom stereocenters. The molecule has 182 valence electrons. The SMILES string of the molecule is C[C@H](CCC(=O)NCC(=O)O)[C@H]1CC[C@H]2[C@H]3[C@H](O)C[C@H]4C[C@H](O)CC[C@]4(C)[C@@H]3CC[C@]12C. The fraction of sp³-hybridized carbons (Fsp3) is 0.923. The fourth-order valence-electron chi connectivity index (χ4n) is 9.00. The van der Waals surface area contributed by atoms with Crippen LogP contribution in [0.5, 0.6) is 0 Å². The minimum Gasteiger partial charge on any atom is -0.480 e. The van der Waals surface area contributed by atoms with Crippen molar-refractivity contribution < 1.29 is 24.9 Å². The molecule has 0 bridgehead atoms. The Morgan fingerprint density at radius 3 is 2.41 bits per heavy atom. The number of fused-ring (bicyclic) bond motifs is 5. The van der Waals surface area contributed by atoms with Crippen molar-refractivity contribution in [3.63, 3.8) is 0 Å². The predicted octanol–water partition coefficient (Wildman–Crippen LogP) is 3.59. The molecule has 0 spiro atoms. The number of carbonyl (C=O) groups is 2. The molecule has 32 heavy (non-hydrogen) atoms. The molecule has 1 amide bonds. The standard InChI is InChI=1S/C26H43NO5/c1-15(4-7-22(30)27-14-23(31)32)18-5-6-19-24-20(9-11-26(18,19)3)25(2)10-8-17(28)12-16(25)13-21(24)29/h15-21,24,28-29H,4-14H2,1-3H3,(H,27,30)(H,31,32)/t15-,16-,17-,18-,19+,20-,21-,24-,25+,26-/m1/s1. The van der Waals surface area contributed by atoms with Crippen LogP contribution >= 0.6 is 0 Å². The summed E-state index contributed by atoms with van der Waals surface area (Å²) in [5.74, 6) is 1.66. The lowest BCUT2D eigenvalue weighted by atomic mass is 9.43. The van der Waals surface area contributed by atoms with E-state index in [0.717, 1.165) is 44.9 Å². The van der Waals surface area contributed by atoms with Gasteiger partial charge in [-0.15, -0.1) is 0 Å². The highest BCUT2D eigenvalue weighted by molar-refractivity contribution is 5.81. The molecule has 4 fully saturated rings. The third kappa shape index (κ3) is 4.11. The van der Waals surface area contributed by atoms with Gasteiger partial charge in [-0.05, 0) is 104 Å². The summed E-state index contributed by atoms with van der Waals surface area (Å²) in [6.45, 7) is 6.83. The van der Waals surface area contributed by atoms with Gasteiger partial charge in [-0.1, -0.05) is 20.8 Å². The Morgan fingerprint density at radius 1 is 1.00 bits per heavy atom. The van der Waals surface area contributed by atoms with Crippen LogP contribution in [0, 0.1) is 46.3 Å². The molecular formula is C26H43NO5. The van der Waals surface area contributed by atoms with E-state index in [4.69, 9.17) is 5.11 Å². The summed E-state index contributed by atoms with van der Waals surface area (Å²) in [7, 11) is 0. The smallest absolute Gasteiger partial charge is 0.322 e. The monoisotopic (exact) mass is 449 g/mol. The Morgan fingerprint density at radius 2 is 1.69 bits per heavy atom. The number of hydrogen-bond donors (Lipinski definition) is 4. The average Bonchev–Trinajstić information content (AvgIpc) is 3.09. The van der Waals surface area contributed by atoms with Crippen LogP contribution < -0.4 is 5.32 Å². The van der Waals surface area contributed by atoms with Crippen molar-refractivity contribution in [2.75, 3.05) is 6.54 Å². The van der Waals surface area contributed by atoms with E-state index in [2.05, 4.69) is 26.1 Å². The van der Waals surface area contributed by atoms with Gasteiger partial charge in [-0.3, -0.25) is 9.59 Å². The van der Waals surface area contributed by atoms with Crippen molar-refractivity contribution in [2.45, 2.75) is 97.2 Å². The molecule has 6 heteroatoms. The van der Waals surface area contributed by atoms with Gasteiger partial charge >= 0.3 is 5.97 Å². The minimum atomic E-state index is -1.01. The maximum atomic E-state index is 12.0. The molecule has 4 N–H and O–H groups in total. The first-order valence-electron chi connectivity index (χ1n) is 12.9. The lowest BCUT2D eigenvalue weighted by molar-refractivity contribution is -0.174. The summed E-state index contributed by atoms with van der Waals surface area (Å²) in [5.41, 5.74) is 0.451. The van der Waals surface area contributed by atoms with E-state index in [1.165, 1.54) is 12.8 Å². The van der Waals surface area contributed by atoms with E-state index in [-0.39, 0.29) is 35.5 Å². The van der Waals surface area contributed by atoms with Gasteiger partial charge in [0.2, 0.25) is 5.91 Å². The van der Waals surface area contributed by atoms with Gasteiger partial charge in [0.1, 0.15) is 6.54 Å². The van der Waals surface area contributed by atoms with Crippen LogP contribution in [0.3, 0.4) is 0 Å². The molecule has 4 aliphatic rings. The number of aliphatic hydroxyl groups is 2. The van der Waals surface area contributed by atoms with Gasteiger partial charge in [0.15, 0.2) is 0 Å². The number of amides is 1. The molecule has 0 saturated heterocycles. The molecule has 0 aromatic carbocycles. The number of aliphatic hydroxyl groups excluding tert-OH is 2. The fourth-order valence-corrected chi connectivity index (χ4v) is 9.00. The number of hydrogen-bond acceptors (Lipinski definition) is 4. The number of aliphatic carboxylic acids is 1. The highest BCUT2D eigenvalue weighted by Crippen LogP contribution is 2.68. The van der Waals surface area contributed by atoms with E-state index in [9.17, 15) is 19.8 Å². The van der Waals surface area contributed by atoms with Gasteiger partial charge in [0.05, 0.1) is 12.2 Å². The second kappa shape index (κ2) is 8.90. The zero-order valence-corrected chi connectivity index (χ0v) is 20.1. The molecule has 0 heterocycles. The lowest BCUT2D eigenvalue weighted by Crippen LogP contribution is -2.58. The third-order valence-electron chi connectivity index (χ3n) is 10.7. The van der Waals surface area contributed by atoms with Gasteiger partial charge in [-0.2, -0.15) is 0 Å². The Hall–Kier alpha value is -1.14. The van der Waals surface area contributed by atoms with Crippen LogP contribution in [0.15, 0.2) is 0 Å². The van der Waals surface area contributed by atoms with Crippen LogP contribution in [0.25, 0.3) is 0 Å². The summed E-state index contributed by atoms with van der Waals surface area (Å²) in [5, 5.41) is 32.8. The van der Waals surface area contributed by atoms with Gasteiger partial charge in [0.25, 0.3) is 0 Å². The van der Waals surface area contributed by atoms with E-state index in [1.807, 2.05) is 0 Å². The van der Waals surface area contributed by atoms with Crippen LogP contribution in [0.1, 0.15) is 85.0 Å². The number of carboxylic acid groups (broad SMARTS) is 1.